The second-order valence-electron chi connectivity index (χ2n) is 7.95. The zero-order chi connectivity index (χ0) is 19.5. The Morgan fingerprint density at radius 2 is 1.64 bits per heavy atom. The molecule has 2 fully saturated rings. The van der Waals surface area contributed by atoms with Gasteiger partial charge in [0, 0.05) is 43.1 Å². The van der Waals surface area contributed by atoms with Crippen LogP contribution in [0.3, 0.4) is 0 Å². The van der Waals surface area contributed by atoms with Crippen LogP contribution in [0.4, 0.5) is 17.1 Å². The van der Waals surface area contributed by atoms with E-state index in [2.05, 4.69) is 29.3 Å². The molecular weight excluding hydrogens is 350 g/mol. The van der Waals surface area contributed by atoms with Crippen molar-refractivity contribution >= 4 is 28.9 Å². The summed E-state index contributed by atoms with van der Waals surface area (Å²) in [6, 6.07) is 17.6. The summed E-state index contributed by atoms with van der Waals surface area (Å²) in [5.74, 6) is 0.391. The smallest absolute Gasteiger partial charge is 0.229 e. The number of amides is 2. The Morgan fingerprint density at radius 1 is 0.964 bits per heavy atom. The van der Waals surface area contributed by atoms with Crippen molar-refractivity contribution in [3.05, 3.63) is 54.6 Å². The fourth-order valence-electron chi connectivity index (χ4n) is 4.01. The number of carbonyl (C=O) groups is 2. The van der Waals surface area contributed by atoms with Crippen molar-refractivity contribution < 1.29 is 9.59 Å². The van der Waals surface area contributed by atoms with Crippen molar-refractivity contribution in [2.24, 2.45) is 11.8 Å². The summed E-state index contributed by atoms with van der Waals surface area (Å²) in [7, 11) is 0. The van der Waals surface area contributed by atoms with Gasteiger partial charge in [-0.2, -0.15) is 0 Å². The lowest BCUT2D eigenvalue weighted by Gasteiger charge is -2.32. The molecule has 2 aliphatic rings. The van der Waals surface area contributed by atoms with Gasteiger partial charge in [0.1, 0.15) is 0 Å². The molecule has 2 aromatic rings. The summed E-state index contributed by atoms with van der Waals surface area (Å²) < 4.78 is 0. The van der Waals surface area contributed by atoms with E-state index in [9.17, 15) is 9.59 Å². The topological polar surface area (TPSA) is 52.7 Å². The Labute approximate surface area is 166 Å². The van der Waals surface area contributed by atoms with E-state index >= 15 is 0 Å². The van der Waals surface area contributed by atoms with Gasteiger partial charge in [0.15, 0.2) is 0 Å². The van der Waals surface area contributed by atoms with E-state index in [0.717, 1.165) is 30.4 Å². The zero-order valence-electron chi connectivity index (χ0n) is 16.3. The summed E-state index contributed by atoms with van der Waals surface area (Å²) in [6.45, 7) is 4.92. The van der Waals surface area contributed by atoms with Crippen LogP contribution in [0.1, 0.15) is 26.2 Å². The molecule has 0 aromatic heterocycles. The lowest BCUT2D eigenvalue weighted by molar-refractivity contribution is -0.122. The van der Waals surface area contributed by atoms with Crippen LogP contribution in [-0.2, 0) is 9.59 Å². The molecule has 5 heteroatoms. The maximum absolute atomic E-state index is 12.7. The number of para-hydroxylation sites is 1. The highest BCUT2D eigenvalue weighted by Gasteiger charge is 2.35. The van der Waals surface area contributed by atoms with Gasteiger partial charge >= 0.3 is 0 Å². The maximum atomic E-state index is 12.7. The van der Waals surface area contributed by atoms with E-state index in [0.29, 0.717) is 6.54 Å². The van der Waals surface area contributed by atoms with E-state index in [1.54, 1.807) is 4.90 Å². The largest absolute Gasteiger partial charge is 0.372 e. The molecule has 5 nitrogen and oxygen atoms in total. The first kappa shape index (κ1) is 18.5. The van der Waals surface area contributed by atoms with Gasteiger partial charge in [-0.25, -0.2) is 0 Å². The summed E-state index contributed by atoms with van der Waals surface area (Å²) in [6.07, 6.45) is 2.71. The van der Waals surface area contributed by atoms with Gasteiger partial charge in [-0.3, -0.25) is 9.59 Å². The zero-order valence-corrected chi connectivity index (χ0v) is 16.3. The predicted octanol–water partition coefficient (Wildman–Crippen LogP) is 3.91. The van der Waals surface area contributed by atoms with Crippen LogP contribution in [0, 0.1) is 11.8 Å². The Balaban J connectivity index is 1.35. The third-order valence-corrected chi connectivity index (χ3v) is 5.85. The highest BCUT2D eigenvalue weighted by atomic mass is 16.2. The second kappa shape index (κ2) is 8.05. The van der Waals surface area contributed by atoms with Crippen molar-refractivity contribution in [2.75, 3.05) is 34.8 Å². The van der Waals surface area contributed by atoms with Crippen molar-refractivity contribution in [3.63, 3.8) is 0 Å². The molecule has 0 unspecified atom stereocenters. The standard InChI is InChI=1S/C23H27N3O2/c1-17-11-13-25(14-12-17)20-9-7-19(8-10-20)24-23(28)18-15-22(27)26(16-18)21-5-3-2-4-6-21/h2-10,17-18H,11-16H2,1H3,(H,24,28)/t18-/m1/s1. The molecule has 146 valence electrons. The predicted molar refractivity (Wildman–Crippen MR) is 113 cm³/mol. The number of benzene rings is 2. The second-order valence-corrected chi connectivity index (χ2v) is 7.95. The molecule has 2 aliphatic heterocycles. The molecule has 1 N–H and O–H groups in total. The quantitative estimate of drug-likeness (QED) is 0.879. The summed E-state index contributed by atoms with van der Waals surface area (Å²) in [5.41, 5.74) is 2.84. The summed E-state index contributed by atoms with van der Waals surface area (Å²) in [4.78, 5) is 29.1. The van der Waals surface area contributed by atoms with Crippen LogP contribution in [0.2, 0.25) is 0 Å². The third kappa shape index (κ3) is 4.03. The average Bonchev–Trinajstić information content (AvgIpc) is 3.12. The summed E-state index contributed by atoms with van der Waals surface area (Å²) in [5, 5.41) is 2.98. The molecule has 2 aromatic carbocycles. The maximum Gasteiger partial charge on any atom is 0.229 e. The van der Waals surface area contributed by atoms with Crippen molar-refractivity contribution in [2.45, 2.75) is 26.2 Å². The summed E-state index contributed by atoms with van der Waals surface area (Å²) >= 11 is 0. The molecule has 4 rings (SSSR count). The van der Waals surface area contributed by atoms with Gasteiger partial charge in [-0.1, -0.05) is 25.1 Å². The molecule has 2 amide bonds. The van der Waals surface area contributed by atoms with Gasteiger partial charge < -0.3 is 15.1 Å². The van der Waals surface area contributed by atoms with Crippen molar-refractivity contribution in [1.82, 2.24) is 0 Å². The fourth-order valence-corrected chi connectivity index (χ4v) is 4.01. The van der Waals surface area contributed by atoms with Crippen LogP contribution < -0.4 is 15.1 Å². The van der Waals surface area contributed by atoms with E-state index in [1.807, 2.05) is 42.5 Å². The monoisotopic (exact) mass is 377 g/mol. The molecule has 0 bridgehead atoms. The normalized spacial score (nSPS) is 20.5. The van der Waals surface area contributed by atoms with Crippen molar-refractivity contribution in [1.29, 1.82) is 0 Å². The molecular formula is C23H27N3O2. The van der Waals surface area contributed by atoms with Crippen LogP contribution in [-0.4, -0.2) is 31.4 Å². The fraction of sp³-hybridized carbons (Fsp3) is 0.391. The molecule has 2 heterocycles. The Kier molecular flexibility index (Phi) is 5.33. The minimum atomic E-state index is -0.323. The van der Waals surface area contributed by atoms with Crippen LogP contribution in [0.25, 0.3) is 0 Å². The first-order valence-electron chi connectivity index (χ1n) is 10.1. The first-order chi connectivity index (χ1) is 13.6. The molecule has 28 heavy (non-hydrogen) atoms. The van der Waals surface area contributed by atoms with Crippen LogP contribution in [0.5, 0.6) is 0 Å². The molecule has 1 atom stereocenters. The number of hydrogen-bond acceptors (Lipinski definition) is 3. The molecule has 2 saturated heterocycles. The van der Waals surface area contributed by atoms with E-state index in [4.69, 9.17) is 0 Å². The number of hydrogen-bond donors (Lipinski definition) is 1. The van der Waals surface area contributed by atoms with Crippen molar-refractivity contribution in [3.8, 4) is 0 Å². The van der Waals surface area contributed by atoms with Crippen LogP contribution >= 0.6 is 0 Å². The van der Waals surface area contributed by atoms with Gasteiger partial charge in [-0.05, 0) is 55.2 Å². The average molecular weight is 377 g/mol. The number of nitrogens with zero attached hydrogens (tertiary/aromatic N) is 2. The van der Waals surface area contributed by atoms with E-state index in [1.165, 1.54) is 18.5 Å². The number of rotatable bonds is 4. The Morgan fingerprint density at radius 3 is 2.32 bits per heavy atom. The molecule has 0 spiro atoms. The number of piperidine rings is 1. The third-order valence-electron chi connectivity index (χ3n) is 5.85. The van der Waals surface area contributed by atoms with Crippen LogP contribution in [0.15, 0.2) is 54.6 Å². The Bertz CT molecular complexity index is 827. The minimum Gasteiger partial charge on any atom is -0.372 e. The highest BCUT2D eigenvalue weighted by Crippen LogP contribution is 2.27. The van der Waals surface area contributed by atoms with E-state index < -0.39 is 0 Å². The SMILES string of the molecule is CC1CCN(c2ccc(NC(=O)[C@@H]3CC(=O)N(c4ccccc4)C3)cc2)CC1. The highest BCUT2D eigenvalue weighted by molar-refractivity contribution is 6.03. The molecule has 0 saturated carbocycles. The first-order valence-corrected chi connectivity index (χ1v) is 10.1. The van der Waals surface area contributed by atoms with Gasteiger partial charge in [0.25, 0.3) is 0 Å². The Hall–Kier alpha value is -2.82. The number of carbonyl (C=O) groups excluding carboxylic acids is 2. The minimum absolute atomic E-state index is 0.000949. The van der Waals surface area contributed by atoms with Gasteiger partial charge in [0.2, 0.25) is 11.8 Å². The van der Waals surface area contributed by atoms with Gasteiger partial charge in [0.05, 0.1) is 5.92 Å². The lowest BCUT2D eigenvalue weighted by atomic mass is 9.99. The van der Waals surface area contributed by atoms with E-state index in [-0.39, 0.29) is 24.2 Å². The number of anilines is 3. The molecule has 0 aliphatic carbocycles. The lowest BCUT2D eigenvalue weighted by Crippen LogP contribution is -2.32. The molecule has 0 radical (unpaired) electrons. The number of nitrogens with one attached hydrogen (secondary N) is 1. The van der Waals surface area contributed by atoms with Gasteiger partial charge in [-0.15, -0.1) is 0 Å².